The highest BCUT2D eigenvalue weighted by Crippen LogP contribution is 2.59. The molecule has 3 aromatic rings. The van der Waals surface area contributed by atoms with Crippen LogP contribution in [-0.2, 0) is 11.9 Å². The van der Waals surface area contributed by atoms with Crippen LogP contribution in [0.3, 0.4) is 0 Å². The first-order valence-corrected chi connectivity index (χ1v) is 11.4. The lowest BCUT2D eigenvalue weighted by Crippen LogP contribution is -2.63. The zero-order valence-electron chi connectivity index (χ0n) is 17.7. The van der Waals surface area contributed by atoms with Gasteiger partial charge in [-0.15, -0.1) is 0 Å². The number of hydrogen-bond donors (Lipinski definition) is 1. The summed E-state index contributed by atoms with van der Waals surface area (Å²) < 4.78 is 40.8. The quantitative estimate of drug-likeness (QED) is 0.407. The number of amides is 2. The molecular formula is C25H19Cl2F3N2O2. The molecule has 1 N–H and O–H groups in total. The summed E-state index contributed by atoms with van der Waals surface area (Å²) in [5.41, 5.74) is -3.35. The van der Waals surface area contributed by atoms with Gasteiger partial charge in [0.15, 0.2) is 5.72 Å². The Kier molecular flexibility index (Phi) is 5.35. The average Bonchev–Trinajstić information content (AvgIpc) is 2.99. The van der Waals surface area contributed by atoms with Crippen LogP contribution in [0.2, 0.25) is 10.0 Å². The minimum atomic E-state index is -4.61. The fraction of sp³-hybridized carbons (Fsp3) is 0.240. The molecule has 5 rings (SSSR count). The van der Waals surface area contributed by atoms with Gasteiger partial charge in [-0.05, 0) is 79.9 Å². The van der Waals surface area contributed by atoms with Crippen molar-refractivity contribution in [2.75, 3.05) is 9.80 Å². The van der Waals surface area contributed by atoms with Gasteiger partial charge in [-0.2, -0.15) is 13.2 Å². The largest absolute Gasteiger partial charge is 0.416 e. The number of aliphatic hydroxyl groups is 1. The lowest BCUT2D eigenvalue weighted by atomic mass is 9.66. The van der Waals surface area contributed by atoms with Crippen LogP contribution in [0.25, 0.3) is 0 Å². The highest BCUT2D eigenvalue weighted by atomic mass is 35.5. The first-order chi connectivity index (χ1) is 16.1. The van der Waals surface area contributed by atoms with Gasteiger partial charge in [0.1, 0.15) is 5.54 Å². The van der Waals surface area contributed by atoms with Crippen LogP contribution >= 0.6 is 23.2 Å². The smallest absolute Gasteiger partial charge is 0.364 e. The Labute approximate surface area is 204 Å². The van der Waals surface area contributed by atoms with Crippen molar-refractivity contribution in [2.24, 2.45) is 0 Å². The molecular weight excluding hydrogens is 488 g/mol. The highest BCUT2D eigenvalue weighted by Gasteiger charge is 2.70. The zero-order chi connectivity index (χ0) is 24.3. The van der Waals surface area contributed by atoms with Gasteiger partial charge < -0.3 is 5.11 Å². The molecule has 1 aliphatic heterocycles. The normalized spacial score (nSPS) is 21.8. The van der Waals surface area contributed by atoms with E-state index in [0.717, 1.165) is 12.1 Å². The Morgan fingerprint density at radius 3 is 1.82 bits per heavy atom. The van der Waals surface area contributed by atoms with Gasteiger partial charge in [0, 0.05) is 27.0 Å². The van der Waals surface area contributed by atoms with Crippen molar-refractivity contribution < 1.29 is 23.1 Å². The second kappa shape index (κ2) is 7.90. The Morgan fingerprint density at radius 2 is 1.35 bits per heavy atom. The molecule has 1 aliphatic carbocycles. The molecule has 1 heterocycles. The molecule has 2 amide bonds. The molecule has 34 heavy (non-hydrogen) atoms. The van der Waals surface area contributed by atoms with Crippen molar-refractivity contribution in [3.63, 3.8) is 0 Å². The number of hydrogen-bond acceptors (Lipinski definition) is 2. The fourth-order valence-electron chi connectivity index (χ4n) is 5.01. The molecule has 0 aromatic heterocycles. The standard InChI is InChI=1S/C25H19Cl2F3N2O2/c26-18-5-9-20(10-6-18)31-22(33)32(21-11-7-19(27)8-12-21)24(34,23(31)13-2-14-23)16-3-1-4-17(15-16)25(28,29)30/h1,3-12,15,34H,2,13-14H2. The van der Waals surface area contributed by atoms with Gasteiger partial charge >= 0.3 is 12.2 Å². The molecule has 1 spiro atoms. The van der Waals surface area contributed by atoms with Crippen LogP contribution in [-0.4, -0.2) is 16.7 Å². The van der Waals surface area contributed by atoms with Crippen LogP contribution in [0.1, 0.15) is 30.4 Å². The van der Waals surface area contributed by atoms with Crippen molar-refractivity contribution in [2.45, 2.75) is 36.7 Å². The van der Waals surface area contributed by atoms with Gasteiger partial charge in [0.25, 0.3) is 0 Å². The maximum absolute atomic E-state index is 14.0. The van der Waals surface area contributed by atoms with E-state index in [1.54, 1.807) is 48.5 Å². The van der Waals surface area contributed by atoms with Crippen LogP contribution < -0.4 is 9.80 Å². The summed E-state index contributed by atoms with van der Waals surface area (Å²) in [5.74, 6) is 0. The molecule has 2 fully saturated rings. The number of nitrogens with zero attached hydrogens (tertiary/aromatic N) is 2. The van der Waals surface area contributed by atoms with Gasteiger partial charge in [-0.3, -0.25) is 9.80 Å². The number of carbonyl (C=O) groups excluding carboxylic acids is 1. The van der Waals surface area contributed by atoms with Crippen LogP contribution in [0.5, 0.6) is 0 Å². The number of urea groups is 1. The molecule has 1 atom stereocenters. The number of alkyl halides is 3. The van der Waals surface area contributed by atoms with E-state index in [1.165, 1.54) is 21.9 Å². The van der Waals surface area contributed by atoms with E-state index in [1.807, 2.05) is 0 Å². The van der Waals surface area contributed by atoms with Crippen molar-refractivity contribution in [3.05, 3.63) is 94.0 Å². The second-order valence-corrected chi connectivity index (χ2v) is 9.42. The van der Waals surface area contributed by atoms with E-state index in [-0.39, 0.29) is 5.56 Å². The van der Waals surface area contributed by atoms with Gasteiger partial charge in [-0.1, -0.05) is 35.3 Å². The summed E-state index contributed by atoms with van der Waals surface area (Å²) in [6.45, 7) is 0. The fourth-order valence-corrected chi connectivity index (χ4v) is 5.27. The summed E-state index contributed by atoms with van der Waals surface area (Å²) in [6.07, 6.45) is -3.10. The minimum Gasteiger partial charge on any atom is -0.364 e. The van der Waals surface area contributed by atoms with Crippen molar-refractivity contribution in [1.29, 1.82) is 0 Å². The third-order valence-electron chi connectivity index (χ3n) is 6.73. The molecule has 0 radical (unpaired) electrons. The van der Waals surface area contributed by atoms with Gasteiger partial charge in [0.05, 0.1) is 5.56 Å². The summed E-state index contributed by atoms with van der Waals surface area (Å²) in [4.78, 5) is 16.6. The number of carbonyl (C=O) groups is 1. The van der Waals surface area contributed by atoms with Gasteiger partial charge in [0.2, 0.25) is 0 Å². The maximum atomic E-state index is 14.0. The Balaban J connectivity index is 1.76. The third kappa shape index (κ3) is 3.29. The summed E-state index contributed by atoms with van der Waals surface area (Å²) >= 11 is 12.1. The number of benzene rings is 3. The Morgan fingerprint density at radius 1 is 0.824 bits per heavy atom. The molecule has 0 bridgehead atoms. The van der Waals surface area contributed by atoms with Crippen molar-refractivity contribution in [1.82, 2.24) is 0 Å². The third-order valence-corrected chi connectivity index (χ3v) is 7.23. The second-order valence-electron chi connectivity index (χ2n) is 8.54. The van der Waals surface area contributed by atoms with Crippen LogP contribution in [0, 0.1) is 0 Å². The SMILES string of the molecule is O=C1N(c2ccc(Cl)cc2)C2(CCC2)C(O)(c2cccc(C(F)(F)F)c2)N1c1ccc(Cl)cc1. The van der Waals surface area contributed by atoms with E-state index < -0.39 is 29.0 Å². The number of halogens is 5. The molecule has 176 valence electrons. The molecule has 3 aromatic carbocycles. The van der Waals surface area contributed by atoms with Crippen molar-refractivity contribution in [3.8, 4) is 0 Å². The van der Waals surface area contributed by atoms with Gasteiger partial charge in [-0.25, -0.2) is 4.79 Å². The average molecular weight is 507 g/mol. The molecule has 1 unspecified atom stereocenters. The highest BCUT2D eigenvalue weighted by molar-refractivity contribution is 6.31. The predicted octanol–water partition coefficient (Wildman–Crippen LogP) is 7.23. The molecule has 9 heteroatoms. The maximum Gasteiger partial charge on any atom is 0.416 e. The monoisotopic (exact) mass is 506 g/mol. The molecule has 4 nitrogen and oxygen atoms in total. The lowest BCUT2D eigenvalue weighted by Gasteiger charge is -2.52. The summed E-state index contributed by atoms with van der Waals surface area (Å²) in [6, 6.07) is 16.8. The minimum absolute atomic E-state index is 0.0122. The van der Waals surface area contributed by atoms with E-state index in [9.17, 15) is 23.1 Å². The Bertz CT molecular complexity index is 1240. The first kappa shape index (κ1) is 23.0. The number of rotatable bonds is 3. The zero-order valence-corrected chi connectivity index (χ0v) is 19.2. The van der Waals surface area contributed by atoms with E-state index in [4.69, 9.17) is 23.2 Å². The van der Waals surface area contributed by atoms with E-state index in [0.29, 0.717) is 40.7 Å². The topological polar surface area (TPSA) is 43.8 Å². The molecule has 1 saturated carbocycles. The summed E-state index contributed by atoms with van der Waals surface area (Å²) in [7, 11) is 0. The predicted molar refractivity (Wildman–Crippen MR) is 125 cm³/mol. The summed E-state index contributed by atoms with van der Waals surface area (Å²) in [5, 5.41) is 13.3. The first-order valence-electron chi connectivity index (χ1n) is 10.6. The Hall–Kier alpha value is -2.74. The van der Waals surface area contributed by atoms with E-state index in [2.05, 4.69) is 0 Å². The van der Waals surface area contributed by atoms with Crippen LogP contribution in [0.15, 0.2) is 72.8 Å². The molecule has 2 aliphatic rings. The van der Waals surface area contributed by atoms with E-state index >= 15 is 0 Å². The number of anilines is 2. The molecule has 1 saturated heterocycles. The van der Waals surface area contributed by atoms with Crippen molar-refractivity contribution >= 4 is 40.6 Å². The van der Waals surface area contributed by atoms with Crippen LogP contribution in [0.4, 0.5) is 29.3 Å². The lowest BCUT2D eigenvalue weighted by molar-refractivity contribution is -0.137.